The fourth-order valence-electron chi connectivity index (χ4n) is 5.69. The van der Waals surface area contributed by atoms with Gasteiger partial charge in [0, 0.05) is 32.0 Å². The van der Waals surface area contributed by atoms with Crippen molar-refractivity contribution in [1.82, 2.24) is 10.2 Å². The van der Waals surface area contributed by atoms with Crippen LogP contribution >= 0.6 is 0 Å². The van der Waals surface area contributed by atoms with Crippen LogP contribution in [0.2, 0.25) is 0 Å². The first kappa shape index (κ1) is 33.1. The predicted molar refractivity (Wildman–Crippen MR) is 175 cm³/mol. The van der Waals surface area contributed by atoms with Crippen LogP contribution in [0, 0.1) is 6.92 Å². The van der Waals surface area contributed by atoms with E-state index in [1.54, 1.807) is 29.2 Å². The number of amides is 2. The molecule has 0 radical (unpaired) electrons. The Morgan fingerprint density at radius 3 is 2.20 bits per heavy atom. The zero-order valence-electron chi connectivity index (χ0n) is 26.1. The molecule has 0 saturated heterocycles. The first-order chi connectivity index (χ1) is 21.1. The van der Waals surface area contributed by atoms with Crippen LogP contribution in [-0.2, 0) is 32.6 Å². The second kappa shape index (κ2) is 15.7. The van der Waals surface area contributed by atoms with Crippen molar-refractivity contribution < 1.29 is 22.7 Å². The lowest BCUT2D eigenvalue weighted by atomic mass is 10.0. The third-order valence-corrected chi connectivity index (χ3v) is 9.23. The maximum Gasteiger partial charge on any atom is 0.243 e. The molecule has 2 amide bonds. The van der Waals surface area contributed by atoms with Crippen molar-refractivity contribution in [1.29, 1.82) is 0 Å². The lowest BCUT2D eigenvalue weighted by Crippen LogP contribution is -2.52. The molecular weight excluding hydrogens is 574 g/mol. The highest BCUT2D eigenvalue weighted by atomic mass is 32.2. The summed E-state index contributed by atoms with van der Waals surface area (Å²) in [7, 11) is -3.59. The fourth-order valence-corrected chi connectivity index (χ4v) is 6.66. The third-order valence-electron chi connectivity index (χ3n) is 8.03. The average Bonchev–Trinajstić information content (AvgIpc) is 3.51. The van der Waals surface area contributed by atoms with Gasteiger partial charge in [-0.2, -0.15) is 0 Å². The maximum atomic E-state index is 14.0. The Balaban J connectivity index is 1.56. The van der Waals surface area contributed by atoms with Crippen molar-refractivity contribution in [3.8, 4) is 5.75 Å². The average molecular weight is 620 g/mol. The zero-order valence-corrected chi connectivity index (χ0v) is 26.9. The highest BCUT2D eigenvalue weighted by Gasteiger charge is 2.32. The van der Waals surface area contributed by atoms with E-state index in [0.717, 1.165) is 48.6 Å². The smallest absolute Gasteiger partial charge is 0.243 e. The van der Waals surface area contributed by atoms with E-state index in [-0.39, 0.29) is 37.4 Å². The Labute approximate surface area is 262 Å². The molecule has 8 nitrogen and oxygen atoms in total. The summed E-state index contributed by atoms with van der Waals surface area (Å²) in [5, 5.41) is 3.23. The second-order valence-electron chi connectivity index (χ2n) is 11.6. The second-order valence-corrected chi connectivity index (χ2v) is 13.5. The highest BCUT2D eigenvalue weighted by molar-refractivity contribution is 7.92. The summed E-state index contributed by atoms with van der Waals surface area (Å²) in [6.07, 6.45) is 6.02. The van der Waals surface area contributed by atoms with Crippen LogP contribution in [0.4, 0.5) is 5.69 Å². The molecule has 0 unspecified atom stereocenters. The summed E-state index contributed by atoms with van der Waals surface area (Å²) in [6.45, 7) is 4.83. The van der Waals surface area contributed by atoms with E-state index in [4.69, 9.17) is 4.74 Å². The number of anilines is 1. The van der Waals surface area contributed by atoms with Crippen LogP contribution in [0.25, 0.3) is 0 Å². The summed E-state index contributed by atoms with van der Waals surface area (Å²) < 4.78 is 32.3. The van der Waals surface area contributed by atoms with E-state index in [1.165, 1.54) is 4.31 Å². The van der Waals surface area contributed by atoms with Gasteiger partial charge in [0.2, 0.25) is 21.8 Å². The summed E-state index contributed by atoms with van der Waals surface area (Å²) >= 11 is 0. The summed E-state index contributed by atoms with van der Waals surface area (Å²) in [5.41, 5.74) is 3.53. The Hall–Kier alpha value is -3.85. The number of sulfonamides is 1. The molecule has 1 N–H and O–H groups in total. The molecule has 1 atom stereocenters. The maximum absolute atomic E-state index is 14.0. The van der Waals surface area contributed by atoms with Gasteiger partial charge in [-0.05, 0) is 68.5 Å². The van der Waals surface area contributed by atoms with Gasteiger partial charge in [-0.25, -0.2) is 8.42 Å². The van der Waals surface area contributed by atoms with Crippen molar-refractivity contribution >= 4 is 27.5 Å². The molecule has 236 valence electrons. The molecule has 1 aliphatic carbocycles. The van der Waals surface area contributed by atoms with Gasteiger partial charge in [-0.1, -0.05) is 73.0 Å². The molecule has 9 heteroatoms. The fraction of sp³-hybridized carbons (Fsp3) is 0.429. The van der Waals surface area contributed by atoms with Crippen LogP contribution in [0.1, 0.15) is 62.1 Å². The Morgan fingerprint density at radius 1 is 0.932 bits per heavy atom. The number of carbonyl (C=O) groups excluding carboxylic acids is 2. The first-order valence-corrected chi connectivity index (χ1v) is 17.4. The molecule has 0 aromatic heterocycles. The molecule has 1 fully saturated rings. The number of hydrogen-bond donors (Lipinski definition) is 1. The number of nitrogens with zero attached hydrogens (tertiary/aromatic N) is 2. The van der Waals surface area contributed by atoms with E-state index in [9.17, 15) is 18.0 Å². The van der Waals surface area contributed by atoms with Gasteiger partial charge in [0.1, 0.15) is 11.8 Å². The van der Waals surface area contributed by atoms with Crippen molar-refractivity contribution in [2.24, 2.45) is 0 Å². The Bertz CT molecular complexity index is 1450. The van der Waals surface area contributed by atoms with Gasteiger partial charge >= 0.3 is 0 Å². The van der Waals surface area contributed by atoms with Crippen LogP contribution in [0.3, 0.4) is 0 Å². The van der Waals surface area contributed by atoms with Crippen molar-refractivity contribution in [3.63, 3.8) is 0 Å². The van der Waals surface area contributed by atoms with Crippen LogP contribution in [0.5, 0.6) is 5.75 Å². The largest absolute Gasteiger partial charge is 0.494 e. The Kier molecular flexibility index (Phi) is 11.8. The van der Waals surface area contributed by atoms with Gasteiger partial charge in [0.25, 0.3) is 0 Å². The van der Waals surface area contributed by atoms with E-state index >= 15 is 0 Å². The SMILES string of the molecule is CCOc1ccc(N(CCCC(=O)N(Cc2ccc(C)cc2)[C@H](Cc2ccccc2)C(=O)NC2CCCC2)S(C)(=O)=O)cc1. The minimum absolute atomic E-state index is 0.0942. The number of ether oxygens (including phenoxy) is 1. The molecule has 3 aromatic rings. The summed E-state index contributed by atoms with van der Waals surface area (Å²) in [5.74, 6) is 0.327. The van der Waals surface area contributed by atoms with Gasteiger partial charge in [0.15, 0.2) is 0 Å². The molecule has 1 saturated carbocycles. The monoisotopic (exact) mass is 619 g/mol. The van der Waals surface area contributed by atoms with E-state index in [1.807, 2.05) is 68.4 Å². The summed E-state index contributed by atoms with van der Waals surface area (Å²) in [6, 6.07) is 24.1. The summed E-state index contributed by atoms with van der Waals surface area (Å²) in [4.78, 5) is 29.6. The number of nitrogens with one attached hydrogen (secondary N) is 1. The molecule has 0 aliphatic heterocycles. The Morgan fingerprint density at radius 2 is 1.59 bits per heavy atom. The first-order valence-electron chi connectivity index (χ1n) is 15.5. The minimum Gasteiger partial charge on any atom is -0.494 e. The molecule has 4 rings (SSSR count). The molecule has 0 bridgehead atoms. The van der Waals surface area contributed by atoms with E-state index in [0.29, 0.717) is 30.9 Å². The number of aryl methyl sites for hydroxylation is 1. The quantitative estimate of drug-likeness (QED) is 0.238. The number of carbonyl (C=O) groups is 2. The van der Waals surface area contributed by atoms with Crippen LogP contribution in [-0.4, -0.2) is 56.6 Å². The van der Waals surface area contributed by atoms with Gasteiger partial charge in [-0.15, -0.1) is 0 Å². The molecular formula is C35H45N3O5S. The number of benzene rings is 3. The lowest BCUT2D eigenvalue weighted by molar-refractivity contribution is -0.141. The third kappa shape index (κ3) is 9.58. The lowest BCUT2D eigenvalue weighted by Gasteiger charge is -2.33. The van der Waals surface area contributed by atoms with Crippen molar-refractivity contribution in [3.05, 3.63) is 95.6 Å². The standard InChI is InChI=1S/C35H45N3O5S/c1-4-43-32-22-20-31(21-23-32)38(44(3,41)42)24-10-15-34(39)37(26-29-18-16-27(2)17-19-29)33(25-28-11-6-5-7-12-28)35(40)36-30-13-8-9-14-30/h5-7,11-12,16-23,30,33H,4,8-10,13-15,24-26H2,1-3H3,(H,36,40)/t33-/m1/s1. The number of hydrogen-bond acceptors (Lipinski definition) is 5. The predicted octanol–water partition coefficient (Wildman–Crippen LogP) is 5.64. The van der Waals surface area contributed by atoms with Crippen LogP contribution in [0.15, 0.2) is 78.9 Å². The molecule has 0 spiro atoms. The molecule has 1 aliphatic rings. The highest BCUT2D eigenvalue weighted by Crippen LogP contribution is 2.24. The molecule has 3 aromatic carbocycles. The van der Waals surface area contributed by atoms with E-state index in [2.05, 4.69) is 5.32 Å². The molecule has 44 heavy (non-hydrogen) atoms. The normalized spacial score (nSPS) is 14.2. The van der Waals surface area contributed by atoms with E-state index < -0.39 is 16.1 Å². The van der Waals surface area contributed by atoms with Crippen molar-refractivity contribution in [2.45, 2.75) is 77.4 Å². The van der Waals surface area contributed by atoms with Crippen molar-refractivity contribution in [2.75, 3.05) is 23.7 Å². The zero-order chi connectivity index (χ0) is 31.5. The van der Waals surface area contributed by atoms with Gasteiger partial charge in [-0.3, -0.25) is 13.9 Å². The van der Waals surface area contributed by atoms with Gasteiger partial charge in [0.05, 0.1) is 18.6 Å². The minimum atomic E-state index is -3.59. The van der Waals surface area contributed by atoms with Gasteiger partial charge < -0.3 is 15.0 Å². The van der Waals surface area contributed by atoms with Crippen LogP contribution < -0.4 is 14.4 Å². The topological polar surface area (TPSA) is 96.0 Å². The number of rotatable bonds is 15. The molecule has 0 heterocycles.